The number of aromatic nitrogens is 1. The maximum absolute atomic E-state index is 5.89. The fourth-order valence-electron chi connectivity index (χ4n) is 2.52. The number of oxazole rings is 1. The minimum atomic E-state index is 0.247. The van der Waals surface area contributed by atoms with Gasteiger partial charge in [0.05, 0.1) is 17.0 Å². The Bertz CT molecular complexity index is 607. The van der Waals surface area contributed by atoms with Gasteiger partial charge in [-0.15, -0.1) is 0 Å². The van der Waals surface area contributed by atoms with Crippen molar-refractivity contribution < 1.29 is 9.15 Å². The molecule has 1 N–H and O–H groups in total. The predicted molar refractivity (Wildman–Crippen MR) is 84.0 cm³/mol. The SMILES string of the molecule is CCNC1c2ccccc2OCC1Sc1nc(C)c(C)o1. The van der Waals surface area contributed by atoms with Gasteiger partial charge in [0.2, 0.25) is 0 Å². The van der Waals surface area contributed by atoms with E-state index in [2.05, 4.69) is 29.4 Å². The normalized spacial score (nSPS) is 20.9. The number of hydrogen-bond acceptors (Lipinski definition) is 5. The molecular weight excluding hydrogens is 284 g/mol. The molecule has 112 valence electrons. The molecule has 2 aromatic rings. The molecule has 1 aromatic carbocycles. The van der Waals surface area contributed by atoms with Gasteiger partial charge in [-0.2, -0.15) is 0 Å². The van der Waals surface area contributed by atoms with E-state index in [1.165, 1.54) is 5.56 Å². The van der Waals surface area contributed by atoms with Crippen LogP contribution in [0.4, 0.5) is 0 Å². The highest BCUT2D eigenvalue weighted by Crippen LogP contribution is 2.39. The highest BCUT2D eigenvalue weighted by Gasteiger charge is 2.32. The van der Waals surface area contributed by atoms with Crippen LogP contribution < -0.4 is 10.1 Å². The van der Waals surface area contributed by atoms with Crippen LogP contribution in [0.3, 0.4) is 0 Å². The quantitative estimate of drug-likeness (QED) is 0.937. The Morgan fingerprint density at radius 3 is 2.86 bits per heavy atom. The molecule has 5 heteroatoms. The fraction of sp³-hybridized carbons (Fsp3) is 0.438. The molecule has 2 unspecified atom stereocenters. The molecule has 2 atom stereocenters. The van der Waals surface area contributed by atoms with E-state index in [1.807, 2.05) is 26.0 Å². The highest BCUT2D eigenvalue weighted by molar-refractivity contribution is 7.99. The molecule has 0 spiro atoms. The number of ether oxygens (including phenoxy) is 1. The molecule has 0 amide bonds. The van der Waals surface area contributed by atoms with Gasteiger partial charge in [0.15, 0.2) is 0 Å². The molecule has 1 aliphatic heterocycles. The molecule has 0 bridgehead atoms. The first kappa shape index (κ1) is 14.5. The zero-order chi connectivity index (χ0) is 14.8. The van der Waals surface area contributed by atoms with Crippen molar-refractivity contribution in [3.05, 3.63) is 41.3 Å². The number of para-hydroxylation sites is 1. The molecule has 1 aromatic heterocycles. The minimum Gasteiger partial charge on any atom is -0.492 e. The Balaban J connectivity index is 1.84. The Morgan fingerprint density at radius 1 is 1.33 bits per heavy atom. The second kappa shape index (κ2) is 6.12. The van der Waals surface area contributed by atoms with E-state index in [9.17, 15) is 0 Å². The summed E-state index contributed by atoms with van der Waals surface area (Å²) in [5.41, 5.74) is 2.16. The number of fused-ring (bicyclic) bond motifs is 1. The average molecular weight is 304 g/mol. The standard InChI is InChI=1S/C16H20N2O2S/c1-4-17-15-12-7-5-6-8-13(12)19-9-14(15)21-16-18-10(2)11(3)20-16/h5-8,14-15,17H,4,9H2,1-3H3. The first-order valence-corrected chi connectivity index (χ1v) is 8.12. The number of nitrogens with zero attached hydrogens (tertiary/aromatic N) is 1. The lowest BCUT2D eigenvalue weighted by Gasteiger charge is -2.32. The van der Waals surface area contributed by atoms with Crippen LogP contribution in [0.1, 0.15) is 30.0 Å². The van der Waals surface area contributed by atoms with Gasteiger partial charge >= 0.3 is 0 Å². The molecule has 0 radical (unpaired) electrons. The van der Waals surface area contributed by atoms with Gasteiger partial charge in [0.25, 0.3) is 5.22 Å². The van der Waals surface area contributed by atoms with E-state index in [0.29, 0.717) is 6.61 Å². The first-order chi connectivity index (χ1) is 10.2. The second-order valence-electron chi connectivity index (χ2n) is 5.16. The number of thioether (sulfide) groups is 1. The first-order valence-electron chi connectivity index (χ1n) is 7.25. The van der Waals surface area contributed by atoms with Crippen LogP contribution in [0.2, 0.25) is 0 Å². The maximum Gasteiger partial charge on any atom is 0.256 e. The fourth-order valence-corrected chi connectivity index (χ4v) is 3.66. The zero-order valence-electron chi connectivity index (χ0n) is 12.6. The van der Waals surface area contributed by atoms with Crippen LogP contribution >= 0.6 is 11.8 Å². The van der Waals surface area contributed by atoms with Crippen LogP contribution in [0.5, 0.6) is 5.75 Å². The maximum atomic E-state index is 5.89. The summed E-state index contributed by atoms with van der Waals surface area (Å²) in [5.74, 6) is 1.86. The average Bonchev–Trinajstić information content (AvgIpc) is 2.80. The van der Waals surface area contributed by atoms with Gasteiger partial charge in [-0.05, 0) is 26.5 Å². The third-order valence-corrected chi connectivity index (χ3v) is 4.80. The molecule has 0 saturated carbocycles. The molecule has 4 nitrogen and oxygen atoms in total. The third kappa shape index (κ3) is 2.94. The minimum absolute atomic E-state index is 0.247. The lowest BCUT2D eigenvalue weighted by atomic mass is 10.0. The summed E-state index contributed by atoms with van der Waals surface area (Å²) in [4.78, 5) is 4.47. The monoisotopic (exact) mass is 304 g/mol. The summed E-state index contributed by atoms with van der Waals surface area (Å²) in [7, 11) is 0. The predicted octanol–water partition coefficient (Wildman–Crippen LogP) is 3.50. The number of nitrogens with one attached hydrogen (secondary N) is 1. The van der Waals surface area contributed by atoms with E-state index in [0.717, 1.165) is 29.0 Å². The van der Waals surface area contributed by atoms with E-state index in [4.69, 9.17) is 9.15 Å². The summed E-state index contributed by atoms with van der Waals surface area (Å²) in [6.07, 6.45) is 0. The van der Waals surface area contributed by atoms with Crippen molar-refractivity contribution in [3.63, 3.8) is 0 Å². The smallest absolute Gasteiger partial charge is 0.256 e. The van der Waals surface area contributed by atoms with Crippen molar-refractivity contribution in [2.24, 2.45) is 0 Å². The van der Waals surface area contributed by atoms with E-state index in [-0.39, 0.29) is 11.3 Å². The third-order valence-electron chi connectivity index (χ3n) is 3.71. The Hall–Kier alpha value is -1.46. The molecule has 2 heterocycles. The van der Waals surface area contributed by atoms with Crippen LogP contribution in [0.15, 0.2) is 33.9 Å². The number of hydrogen-bond donors (Lipinski definition) is 1. The second-order valence-corrected chi connectivity index (χ2v) is 6.35. The van der Waals surface area contributed by atoms with Crippen molar-refractivity contribution >= 4 is 11.8 Å². The van der Waals surface area contributed by atoms with Crippen LogP contribution in [0, 0.1) is 13.8 Å². The zero-order valence-corrected chi connectivity index (χ0v) is 13.4. The van der Waals surface area contributed by atoms with Gasteiger partial charge in [-0.1, -0.05) is 36.9 Å². The van der Waals surface area contributed by atoms with Crippen molar-refractivity contribution in [1.82, 2.24) is 10.3 Å². The summed E-state index contributed by atoms with van der Waals surface area (Å²) >= 11 is 1.65. The van der Waals surface area contributed by atoms with Crippen molar-refractivity contribution in [2.45, 2.75) is 37.3 Å². The van der Waals surface area contributed by atoms with E-state index in [1.54, 1.807) is 11.8 Å². The molecular formula is C16H20N2O2S. The van der Waals surface area contributed by atoms with E-state index < -0.39 is 0 Å². The van der Waals surface area contributed by atoms with Gasteiger partial charge in [0, 0.05) is 5.56 Å². The number of aryl methyl sites for hydroxylation is 2. The molecule has 0 saturated heterocycles. The van der Waals surface area contributed by atoms with Crippen molar-refractivity contribution in [3.8, 4) is 5.75 Å². The summed E-state index contributed by atoms with van der Waals surface area (Å²) in [6, 6.07) is 8.47. The summed E-state index contributed by atoms with van der Waals surface area (Å²) in [6.45, 7) is 7.61. The Labute approximate surface area is 129 Å². The lowest BCUT2D eigenvalue weighted by Crippen LogP contribution is -2.37. The Kier molecular flexibility index (Phi) is 4.22. The van der Waals surface area contributed by atoms with Crippen molar-refractivity contribution in [1.29, 1.82) is 0 Å². The molecule has 3 rings (SSSR count). The van der Waals surface area contributed by atoms with Crippen LogP contribution in [-0.2, 0) is 0 Å². The highest BCUT2D eigenvalue weighted by atomic mass is 32.2. The van der Waals surface area contributed by atoms with Crippen LogP contribution in [0.25, 0.3) is 0 Å². The van der Waals surface area contributed by atoms with Gasteiger partial charge in [0.1, 0.15) is 18.1 Å². The topological polar surface area (TPSA) is 47.3 Å². The van der Waals surface area contributed by atoms with Crippen LogP contribution in [-0.4, -0.2) is 23.4 Å². The largest absolute Gasteiger partial charge is 0.492 e. The summed E-state index contributed by atoms with van der Waals surface area (Å²) in [5, 5.41) is 4.53. The molecule has 0 aliphatic carbocycles. The number of rotatable bonds is 4. The van der Waals surface area contributed by atoms with E-state index >= 15 is 0 Å². The number of benzene rings is 1. The lowest BCUT2D eigenvalue weighted by molar-refractivity contribution is 0.260. The van der Waals surface area contributed by atoms with Gasteiger partial charge < -0.3 is 14.5 Å². The Morgan fingerprint density at radius 2 is 2.14 bits per heavy atom. The van der Waals surface area contributed by atoms with Crippen molar-refractivity contribution in [2.75, 3.05) is 13.2 Å². The molecule has 0 fully saturated rings. The molecule has 1 aliphatic rings. The molecule has 21 heavy (non-hydrogen) atoms. The van der Waals surface area contributed by atoms with Gasteiger partial charge in [-0.3, -0.25) is 0 Å². The summed E-state index contributed by atoms with van der Waals surface area (Å²) < 4.78 is 11.6. The van der Waals surface area contributed by atoms with Gasteiger partial charge in [-0.25, -0.2) is 4.98 Å².